The predicted molar refractivity (Wildman–Crippen MR) is 141 cm³/mol. The number of hydrogen-bond acceptors (Lipinski definition) is 6. The molecule has 1 heterocycles. The lowest BCUT2D eigenvalue weighted by Crippen LogP contribution is -2.19. The van der Waals surface area contributed by atoms with Crippen LogP contribution in [0.15, 0.2) is 79.5 Å². The van der Waals surface area contributed by atoms with E-state index >= 15 is 0 Å². The molecule has 7 nitrogen and oxygen atoms in total. The van der Waals surface area contributed by atoms with Gasteiger partial charge in [-0.25, -0.2) is 9.97 Å². The van der Waals surface area contributed by atoms with Crippen LogP contribution in [0, 0.1) is 0 Å². The number of rotatable bonds is 9. The van der Waals surface area contributed by atoms with E-state index in [1.165, 1.54) is 6.08 Å². The topological polar surface area (TPSA) is 91.0 Å². The third-order valence-corrected chi connectivity index (χ3v) is 5.51. The van der Waals surface area contributed by atoms with Gasteiger partial charge in [0.1, 0.15) is 0 Å². The Hall–Kier alpha value is -3.94. The number of para-hydroxylation sites is 1. The van der Waals surface area contributed by atoms with Crippen molar-refractivity contribution < 1.29 is 4.79 Å². The van der Waals surface area contributed by atoms with Crippen molar-refractivity contribution in [1.29, 1.82) is 0 Å². The minimum absolute atomic E-state index is 0.292. The minimum atomic E-state index is -0.292. The standard InChI is InChI=1S/C26H25ClN6O/c1-3-24(34)32-23-15-18(11-12-22(23)29-14-13-28-2)31-26-30-16-17-7-6-9-20(25(17)33-26)19-8-4-5-10-21(19)27/h3-12,15-16,28-29H,1,13-14H2,2H3,(H,32,34)(H,30,31,33). The van der Waals surface area contributed by atoms with Crippen molar-refractivity contribution in [3.63, 3.8) is 0 Å². The van der Waals surface area contributed by atoms with Crippen LogP contribution in [0.4, 0.5) is 23.0 Å². The summed E-state index contributed by atoms with van der Waals surface area (Å²) in [5.41, 5.74) is 4.79. The number of halogens is 1. The summed E-state index contributed by atoms with van der Waals surface area (Å²) >= 11 is 6.45. The van der Waals surface area contributed by atoms with Crippen molar-refractivity contribution in [2.24, 2.45) is 0 Å². The Kier molecular flexibility index (Phi) is 7.37. The van der Waals surface area contributed by atoms with Gasteiger partial charge in [-0.05, 0) is 37.4 Å². The van der Waals surface area contributed by atoms with Crippen LogP contribution in [-0.2, 0) is 4.79 Å². The highest BCUT2D eigenvalue weighted by molar-refractivity contribution is 6.33. The lowest BCUT2D eigenvalue weighted by atomic mass is 10.0. The average molecular weight is 473 g/mol. The number of nitrogens with one attached hydrogen (secondary N) is 4. The Morgan fingerprint density at radius 1 is 1.03 bits per heavy atom. The van der Waals surface area contributed by atoms with Crippen molar-refractivity contribution in [1.82, 2.24) is 15.3 Å². The predicted octanol–water partition coefficient (Wildman–Crippen LogP) is 5.45. The molecule has 0 bridgehead atoms. The Morgan fingerprint density at radius 3 is 2.65 bits per heavy atom. The molecule has 0 spiro atoms. The van der Waals surface area contributed by atoms with E-state index in [-0.39, 0.29) is 5.91 Å². The summed E-state index contributed by atoms with van der Waals surface area (Å²) in [7, 11) is 1.88. The largest absolute Gasteiger partial charge is 0.382 e. The van der Waals surface area contributed by atoms with E-state index < -0.39 is 0 Å². The first-order valence-corrected chi connectivity index (χ1v) is 11.2. The van der Waals surface area contributed by atoms with Gasteiger partial charge in [0.2, 0.25) is 11.9 Å². The van der Waals surface area contributed by atoms with Crippen LogP contribution in [0.25, 0.3) is 22.0 Å². The maximum Gasteiger partial charge on any atom is 0.247 e. The van der Waals surface area contributed by atoms with Gasteiger partial charge in [0, 0.05) is 46.5 Å². The van der Waals surface area contributed by atoms with E-state index in [2.05, 4.69) is 32.8 Å². The molecule has 0 saturated heterocycles. The average Bonchev–Trinajstić information content (AvgIpc) is 2.85. The van der Waals surface area contributed by atoms with Crippen LogP contribution in [0.3, 0.4) is 0 Å². The van der Waals surface area contributed by atoms with Gasteiger partial charge >= 0.3 is 0 Å². The monoisotopic (exact) mass is 472 g/mol. The number of nitrogens with zero attached hydrogens (tertiary/aromatic N) is 2. The Balaban J connectivity index is 1.67. The quantitative estimate of drug-likeness (QED) is 0.191. The van der Waals surface area contributed by atoms with Crippen LogP contribution in [0.1, 0.15) is 0 Å². The second-order valence-corrected chi connectivity index (χ2v) is 7.93. The number of fused-ring (bicyclic) bond motifs is 1. The third-order valence-electron chi connectivity index (χ3n) is 5.18. The maximum absolute atomic E-state index is 12.0. The fourth-order valence-electron chi connectivity index (χ4n) is 3.53. The number of carbonyl (C=O) groups excluding carboxylic acids is 1. The molecule has 0 fully saturated rings. The Morgan fingerprint density at radius 2 is 1.85 bits per heavy atom. The van der Waals surface area contributed by atoms with E-state index in [9.17, 15) is 4.79 Å². The molecule has 0 aliphatic rings. The normalized spacial score (nSPS) is 10.6. The number of carbonyl (C=O) groups is 1. The summed E-state index contributed by atoms with van der Waals surface area (Å²) in [5, 5.41) is 14.0. The molecule has 0 atom stereocenters. The molecular formula is C26H25ClN6O. The van der Waals surface area contributed by atoms with Gasteiger partial charge in [-0.2, -0.15) is 0 Å². The first kappa shape index (κ1) is 23.2. The summed E-state index contributed by atoms with van der Waals surface area (Å²) in [4.78, 5) is 21.2. The molecule has 1 amide bonds. The summed E-state index contributed by atoms with van der Waals surface area (Å²) in [5.74, 6) is 0.143. The number of aromatic nitrogens is 2. The Bertz CT molecular complexity index is 1340. The van der Waals surface area contributed by atoms with E-state index in [4.69, 9.17) is 16.6 Å². The van der Waals surface area contributed by atoms with Crippen LogP contribution < -0.4 is 21.3 Å². The minimum Gasteiger partial charge on any atom is -0.382 e. The van der Waals surface area contributed by atoms with Crippen LogP contribution >= 0.6 is 11.6 Å². The highest BCUT2D eigenvalue weighted by atomic mass is 35.5. The molecule has 4 aromatic rings. The van der Waals surface area contributed by atoms with Gasteiger partial charge < -0.3 is 21.3 Å². The van der Waals surface area contributed by atoms with Crippen molar-refractivity contribution in [2.75, 3.05) is 36.1 Å². The zero-order chi connectivity index (χ0) is 23.9. The number of hydrogen-bond donors (Lipinski definition) is 4. The first-order chi connectivity index (χ1) is 16.6. The molecule has 1 aromatic heterocycles. The molecule has 8 heteroatoms. The highest BCUT2D eigenvalue weighted by Crippen LogP contribution is 2.33. The van der Waals surface area contributed by atoms with Gasteiger partial charge in [-0.15, -0.1) is 0 Å². The molecule has 0 aliphatic carbocycles. The molecule has 4 rings (SSSR count). The lowest BCUT2D eigenvalue weighted by Gasteiger charge is -2.15. The summed E-state index contributed by atoms with van der Waals surface area (Å²) in [6.45, 7) is 5.03. The number of likely N-dealkylation sites (N-methyl/N-ethyl adjacent to an activating group) is 1. The fourth-order valence-corrected chi connectivity index (χ4v) is 3.77. The van der Waals surface area contributed by atoms with Gasteiger partial charge in [0.25, 0.3) is 0 Å². The van der Waals surface area contributed by atoms with E-state index in [0.717, 1.165) is 39.9 Å². The van der Waals surface area contributed by atoms with Crippen molar-refractivity contribution in [3.05, 3.63) is 84.5 Å². The molecule has 0 radical (unpaired) electrons. The zero-order valence-corrected chi connectivity index (χ0v) is 19.5. The maximum atomic E-state index is 12.0. The molecule has 34 heavy (non-hydrogen) atoms. The number of benzene rings is 3. The van der Waals surface area contributed by atoms with Gasteiger partial charge in [-0.1, -0.05) is 54.6 Å². The van der Waals surface area contributed by atoms with E-state index in [0.29, 0.717) is 23.2 Å². The summed E-state index contributed by atoms with van der Waals surface area (Å²) in [6.07, 6.45) is 3.01. The lowest BCUT2D eigenvalue weighted by molar-refractivity contribution is -0.111. The SMILES string of the molecule is C=CC(=O)Nc1cc(Nc2ncc3cccc(-c4ccccc4Cl)c3n2)ccc1NCCNC. The van der Waals surface area contributed by atoms with Crippen molar-refractivity contribution in [2.45, 2.75) is 0 Å². The van der Waals surface area contributed by atoms with Crippen LogP contribution in [0.2, 0.25) is 5.02 Å². The third kappa shape index (κ3) is 5.33. The first-order valence-electron chi connectivity index (χ1n) is 10.8. The Labute approximate surface area is 203 Å². The molecule has 4 N–H and O–H groups in total. The van der Waals surface area contributed by atoms with Crippen LogP contribution in [0.5, 0.6) is 0 Å². The number of amides is 1. The highest BCUT2D eigenvalue weighted by Gasteiger charge is 2.11. The molecule has 0 unspecified atom stereocenters. The smallest absolute Gasteiger partial charge is 0.247 e. The second kappa shape index (κ2) is 10.8. The van der Waals surface area contributed by atoms with Gasteiger partial charge in [0.15, 0.2) is 0 Å². The molecule has 3 aromatic carbocycles. The van der Waals surface area contributed by atoms with E-state index in [1.54, 1.807) is 6.20 Å². The number of anilines is 4. The van der Waals surface area contributed by atoms with Crippen LogP contribution in [-0.4, -0.2) is 36.0 Å². The van der Waals surface area contributed by atoms with Gasteiger partial charge in [0.05, 0.1) is 16.9 Å². The van der Waals surface area contributed by atoms with E-state index in [1.807, 2.05) is 67.7 Å². The molecule has 0 aliphatic heterocycles. The summed E-state index contributed by atoms with van der Waals surface area (Å²) < 4.78 is 0. The molecular weight excluding hydrogens is 448 g/mol. The second-order valence-electron chi connectivity index (χ2n) is 7.53. The van der Waals surface area contributed by atoms with Crippen molar-refractivity contribution in [3.8, 4) is 11.1 Å². The van der Waals surface area contributed by atoms with Gasteiger partial charge in [-0.3, -0.25) is 4.79 Å². The fraction of sp³-hybridized carbons (Fsp3) is 0.115. The van der Waals surface area contributed by atoms with Crippen molar-refractivity contribution >= 4 is 51.4 Å². The molecule has 0 saturated carbocycles. The molecule has 172 valence electrons. The summed E-state index contributed by atoms with van der Waals surface area (Å²) in [6, 6.07) is 19.2. The zero-order valence-electron chi connectivity index (χ0n) is 18.7.